The number of benzene rings is 2. The van der Waals surface area contributed by atoms with Crippen molar-refractivity contribution in [2.75, 3.05) is 11.9 Å². The predicted molar refractivity (Wildman–Crippen MR) is 88.1 cm³/mol. The van der Waals surface area contributed by atoms with E-state index in [0.29, 0.717) is 10.9 Å². The highest BCUT2D eigenvalue weighted by molar-refractivity contribution is 6.03. The number of nitro benzene ring substituents is 1. The SMILES string of the molecule is O=C(COC(=O)c1n[nH]c2ccccc12)Nc1ccccc1[N+](=O)[O-]. The minimum Gasteiger partial charge on any atom is -0.451 e. The Bertz CT molecular complexity index is 966. The van der Waals surface area contributed by atoms with Gasteiger partial charge in [0.2, 0.25) is 0 Å². The zero-order chi connectivity index (χ0) is 17.8. The van der Waals surface area contributed by atoms with Gasteiger partial charge in [-0.1, -0.05) is 30.3 Å². The van der Waals surface area contributed by atoms with E-state index < -0.39 is 23.4 Å². The number of amides is 1. The summed E-state index contributed by atoms with van der Waals surface area (Å²) in [6.07, 6.45) is 0. The van der Waals surface area contributed by atoms with Gasteiger partial charge in [0.05, 0.1) is 10.4 Å². The molecule has 1 heterocycles. The van der Waals surface area contributed by atoms with Gasteiger partial charge >= 0.3 is 5.97 Å². The minimum atomic E-state index is -0.768. The zero-order valence-corrected chi connectivity index (χ0v) is 12.8. The number of para-hydroxylation sites is 3. The highest BCUT2D eigenvalue weighted by Gasteiger charge is 2.18. The van der Waals surface area contributed by atoms with E-state index in [0.717, 1.165) is 0 Å². The second-order valence-electron chi connectivity index (χ2n) is 5.02. The molecule has 0 aliphatic carbocycles. The van der Waals surface area contributed by atoms with E-state index in [1.54, 1.807) is 30.3 Å². The van der Waals surface area contributed by atoms with Crippen LogP contribution in [0.5, 0.6) is 0 Å². The van der Waals surface area contributed by atoms with Crippen molar-refractivity contribution in [3.05, 3.63) is 64.3 Å². The Morgan fingerprint density at radius 1 is 1.16 bits per heavy atom. The molecular formula is C16H12N4O5. The van der Waals surface area contributed by atoms with Crippen molar-refractivity contribution < 1.29 is 19.2 Å². The molecule has 0 spiro atoms. The average Bonchev–Trinajstić information content (AvgIpc) is 3.04. The molecule has 0 fully saturated rings. The lowest BCUT2D eigenvalue weighted by molar-refractivity contribution is -0.383. The molecule has 0 saturated heterocycles. The Hall–Kier alpha value is -3.75. The first-order valence-corrected chi connectivity index (χ1v) is 7.20. The molecule has 0 unspecified atom stereocenters. The average molecular weight is 340 g/mol. The fourth-order valence-corrected chi connectivity index (χ4v) is 2.24. The molecule has 0 radical (unpaired) electrons. The summed E-state index contributed by atoms with van der Waals surface area (Å²) in [5, 5.41) is 20.4. The number of H-pyrrole nitrogens is 1. The number of rotatable bonds is 5. The van der Waals surface area contributed by atoms with Crippen LogP contribution >= 0.6 is 0 Å². The normalized spacial score (nSPS) is 10.4. The minimum absolute atomic E-state index is 0.0266. The topological polar surface area (TPSA) is 127 Å². The van der Waals surface area contributed by atoms with Crippen molar-refractivity contribution in [1.29, 1.82) is 0 Å². The molecular weight excluding hydrogens is 328 g/mol. The third-order valence-electron chi connectivity index (χ3n) is 3.37. The number of aromatic amines is 1. The summed E-state index contributed by atoms with van der Waals surface area (Å²) < 4.78 is 4.93. The zero-order valence-electron chi connectivity index (χ0n) is 12.8. The molecule has 1 aromatic heterocycles. The third-order valence-corrected chi connectivity index (χ3v) is 3.37. The smallest absolute Gasteiger partial charge is 0.359 e. The van der Waals surface area contributed by atoms with E-state index >= 15 is 0 Å². The summed E-state index contributed by atoms with van der Waals surface area (Å²) in [5.41, 5.74) is 0.507. The standard InChI is InChI=1S/C16H12N4O5/c21-14(17-12-7-3-4-8-13(12)20(23)24)9-25-16(22)15-10-5-1-2-6-11(10)18-19-15/h1-8H,9H2,(H,17,21)(H,18,19). The number of fused-ring (bicyclic) bond motifs is 1. The summed E-state index contributed by atoms with van der Waals surface area (Å²) in [6.45, 7) is -0.591. The monoisotopic (exact) mass is 340 g/mol. The molecule has 3 rings (SSSR count). The Balaban J connectivity index is 1.65. The molecule has 2 N–H and O–H groups in total. The number of aromatic nitrogens is 2. The van der Waals surface area contributed by atoms with E-state index in [-0.39, 0.29) is 17.1 Å². The van der Waals surface area contributed by atoms with Gasteiger partial charge in [-0.3, -0.25) is 20.0 Å². The second kappa shape index (κ2) is 6.79. The molecule has 0 bridgehead atoms. The van der Waals surface area contributed by atoms with Gasteiger partial charge in [0.25, 0.3) is 11.6 Å². The molecule has 9 heteroatoms. The van der Waals surface area contributed by atoms with Gasteiger partial charge in [0.1, 0.15) is 5.69 Å². The number of hydrogen-bond donors (Lipinski definition) is 2. The number of anilines is 1. The van der Waals surface area contributed by atoms with E-state index in [9.17, 15) is 19.7 Å². The van der Waals surface area contributed by atoms with Crippen LogP contribution in [0, 0.1) is 10.1 Å². The molecule has 1 amide bonds. The van der Waals surface area contributed by atoms with E-state index in [1.807, 2.05) is 0 Å². The molecule has 0 aliphatic heterocycles. The van der Waals surface area contributed by atoms with Crippen molar-refractivity contribution in [3.63, 3.8) is 0 Å². The first kappa shape index (κ1) is 16.1. The van der Waals surface area contributed by atoms with Crippen LogP contribution in [-0.4, -0.2) is 33.6 Å². The van der Waals surface area contributed by atoms with E-state index in [4.69, 9.17) is 4.74 Å². The number of nitro groups is 1. The predicted octanol–water partition coefficient (Wildman–Crippen LogP) is 2.27. The van der Waals surface area contributed by atoms with Crippen LogP contribution in [0.2, 0.25) is 0 Å². The fourth-order valence-electron chi connectivity index (χ4n) is 2.24. The van der Waals surface area contributed by atoms with Crippen LogP contribution < -0.4 is 5.32 Å². The first-order chi connectivity index (χ1) is 12.1. The van der Waals surface area contributed by atoms with Crippen LogP contribution in [0.15, 0.2) is 48.5 Å². The van der Waals surface area contributed by atoms with E-state index in [1.165, 1.54) is 18.2 Å². The number of nitrogens with zero attached hydrogens (tertiary/aromatic N) is 2. The molecule has 0 atom stereocenters. The molecule has 126 valence electrons. The molecule has 3 aromatic rings. The van der Waals surface area contributed by atoms with Gasteiger partial charge < -0.3 is 10.1 Å². The van der Waals surface area contributed by atoms with Crippen molar-refractivity contribution in [2.24, 2.45) is 0 Å². The lowest BCUT2D eigenvalue weighted by Crippen LogP contribution is -2.21. The number of carbonyl (C=O) groups excluding carboxylic acids is 2. The van der Waals surface area contributed by atoms with Gasteiger partial charge in [0, 0.05) is 11.5 Å². The maximum Gasteiger partial charge on any atom is 0.359 e. The number of nitrogens with one attached hydrogen (secondary N) is 2. The Kier molecular flexibility index (Phi) is 4.38. The fraction of sp³-hybridized carbons (Fsp3) is 0.0625. The van der Waals surface area contributed by atoms with Crippen LogP contribution in [-0.2, 0) is 9.53 Å². The highest BCUT2D eigenvalue weighted by atomic mass is 16.6. The van der Waals surface area contributed by atoms with E-state index in [2.05, 4.69) is 15.5 Å². The molecule has 0 saturated carbocycles. The van der Waals surface area contributed by atoms with Crippen LogP contribution in [0.4, 0.5) is 11.4 Å². The largest absolute Gasteiger partial charge is 0.451 e. The molecule has 25 heavy (non-hydrogen) atoms. The molecule has 2 aromatic carbocycles. The van der Waals surface area contributed by atoms with Crippen molar-refractivity contribution >= 4 is 34.2 Å². The van der Waals surface area contributed by atoms with Gasteiger partial charge in [-0.05, 0) is 12.1 Å². The Labute approximate surface area is 140 Å². The lowest BCUT2D eigenvalue weighted by atomic mass is 10.2. The van der Waals surface area contributed by atoms with Crippen LogP contribution in [0.1, 0.15) is 10.5 Å². The molecule has 9 nitrogen and oxygen atoms in total. The van der Waals surface area contributed by atoms with Crippen molar-refractivity contribution in [2.45, 2.75) is 0 Å². The summed E-state index contributed by atoms with van der Waals surface area (Å²) in [6, 6.07) is 12.7. The maximum atomic E-state index is 12.1. The summed E-state index contributed by atoms with van der Waals surface area (Å²) >= 11 is 0. The summed E-state index contributed by atoms with van der Waals surface area (Å²) in [4.78, 5) is 34.2. The lowest BCUT2D eigenvalue weighted by Gasteiger charge is -2.06. The van der Waals surface area contributed by atoms with Gasteiger partial charge in [-0.2, -0.15) is 5.10 Å². The Morgan fingerprint density at radius 2 is 1.88 bits per heavy atom. The van der Waals surface area contributed by atoms with Gasteiger partial charge in [-0.25, -0.2) is 4.79 Å². The number of carbonyl (C=O) groups is 2. The summed E-state index contributed by atoms with van der Waals surface area (Å²) in [5.74, 6) is -1.46. The third kappa shape index (κ3) is 3.44. The quantitative estimate of drug-likeness (QED) is 0.416. The van der Waals surface area contributed by atoms with Gasteiger partial charge in [0.15, 0.2) is 12.3 Å². The maximum absolute atomic E-state index is 12.1. The molecule has 0 aliphatic rings. The van der Waals surface area contributed by atoms with Crippen molar-refractivity contribution in [3.8, 4) is 0 Å². The summed E-state index contributed by atoms with van der Waals surface area (Å²) in [7, 11) is 0. The number of ether oxygens (including phenoxy) is 1. The Morgan fingerprint density at radius 3 is 2.68 bits per heavy atom. The van der Waals surface area contributed by atoms with Gasteiger partial charge in [-0.15, -0.1) is 0 Å². The van der Waals surface area contributed by atoms with Crippen molar-refractivity contribution in [1.82, 2.24) is 10.2 Å². The number of esters is 1. The highest BCUT2D eigenvalue weighted by Crippen LogP contribution is 2.23. The number of hydrogen-bond acceptors (Lipinski definition) is 6. The second-order valence-corrected chi connectivity index (χ2v) is 5.02. The van der Waals surface area contributed by atoms with Crippen LogP contribution in [0.25, 0.3) is 10.9 Å². The first-order valence-electron chi connectivity index (χ1n) is 7.20. The van der Waals surface area contributed by atoms with Crippen LogP contribution in [0.3, 0.4) is 0 Å².